The molecular formula is C22H32N2O4. The van der Waals surface area contributed by atoms with Crippen LogP contribution in [0.2, 0.25) is 0 Å². The third kappa shape index (κ3) is 6.01. The number of esters is 1. The zero-order chi connectivity index (χ0) is 20.5. The summed E-state index contributed by atoms with van der Waals surface area (Å²) in [5, 5.41) is 5.50. The van der Waals surface area contributed by atoms with Crippen molar-refractivity contribution in [1.29, 1.82) is 0 Å². The van der Waals surface area contributed by atoms with Crippen molar-refractivity contribution in [3.05, 3.63) is 41.1 Å². The Morgan fingerprint density at radius 2 is 1.86 bits per heavy atom. The van der Waals surface area contributed by atoms with Gasteiger partial charge in [-0.3, -0.25) is 0 Å². The van der Waals surface area contributed by atoms with E-state index >= 15 is 0 Å². The Bertz CT molecular complexity index is 712. The molecule has 0 radical (unpaired) electrons. The standard InChI is InChI=1S/C22H32N2O4/c1-5-6-7-8-11-14-27-18-13-10-9-12-17(18)20-19(21(25)28-15(2)3)16(4)23-22(26)24-20/h9-10,12-13,15,20H,5-8,11,14H2,1-4H3,(H2,23,24,26). The molecule has 28 heavy (non-hydrogen) atoms. The maximum Gasteiger partial charge on any atom is 0.338 e. The van der Waals surface area contributed by atoms with Gasteiger partial charge in [-0.05, 0) is 33.3 Å². The van der Waals surface area contributed by atoms with E-state index in [1.807, 2.05) is 24.3 Å². The monoisotopic (exact) mass is 388 g/mol. The SMILES string of the molecule is CCCCCCCOc1ccccc1C1NC(=O)NC(C)=C1C(=O)OC(C)C. The normalized spacial score (nSPS) is 16.6. The van der Waals surface area contributed by atoms with Crippen molar-refractivity contribution in [2.24, 2.45) is 0 Å². The van der Waals surface area contributed by atoms with Crippen molar-refractivity contribution < 1.29 is 19.1 Å². The minimum absolute atomic E-state index is 0.249. The maximum atomic E-state index is 12.7. The number of nitrogens with one attached hydrogen (secondary N) is 2. The summed E-state index contributed by atoms with van der Waals surface area (Å²) in [5.74, 6) is 0.229. The van der Waals surface area contributed by atoms with E-state index in [9.17, 15) is 9.59 Å². The van der Waals surface area contributed by atoms with Crippen molar-refractivity contribution in [1.82, 2.24) is 10.6 Å². The molecule has 1 aromatic carbocycles. The molecule has 6 nitrogen and oxygen atoms in total. The summed E-state index contributed by atoms with van der Waals surface area (Å²) >= 11 is 0. The van der Waals surface area contributed by atoms with Crippen LogP contribution in [0.3, 0.4) is 0 Å². The number of benzene rings is 1. The molecule has 154 valence electrons. The number of ether oxygens (including phenoxy) is 2. The topological polar surface area (TPSA) is 76.7 Å². The fraction of sp³-hybridized carbons (Fsp3) is 0.545. The summed E-state index contributed by atoms with van der Waals surface area (Å²) in [6.07, 6.45) is 5.51. The highest BCUT2D eigenvalue weighted by atomic mass is 16.5. The lowest BCUT2D eigenvalue weighted by atomic mass is 9.95. The number of allylic oxidation sites excluding steroid dienone is 1. The Morgan fingerprint density at radius 1 is 1.14 bits per heavy atom. The van der Waals surface area contributed by atoms with Crippen molar-refractivity contribution in [3.63, 3.8) is 0 Å². The zero-order valence-electron chi connectivity index (χ0n) is 17.3. The highest BCUT2D eigenvalue weighted by molar-refractivity contribution is 5.95. The molecule has 1 aliphatic heterocycles. The minimum atomic E-state index is -0.615. The van der Waals surface area contributed by atoms with Gasteiger partial charge in [-0.15, -0.1) is 0 Å². The van der Waals surface area contributed by atoms with Crippen LogP contribution in [0.4, 0.5) is 4.79 Å². The van der Waals surface area contributed by atoms with Gasteiger partial charge < -0.3 is 20.1 Å². The minimum Gasteiger partial charge on any atom is -0.493 e. The van der Waals surface area contributed by atoms with Gasteiger partial charge in [0.1, 0.15) is 5.75 Å². The Hall–Kier alpha value is -2.50. The number of hydrogen-bond acceptors (Lipinski definition) is 4. The van der Waals surface area contributed by atoms with Crippen LogP contribution in [-0.2, 0) is 9.53 Å². The number of amides is 2. The molecule has 1 aliphatic rings. The number of carbonyl (C=O) groups excluding carboxylic acids is 2. The van der Waals surface area contributed by atoms with Gasteiger partial charge in [0.05, 0.1) is 24.3 Å². The Labute approximate surface area is 167 Å². The lowest BCUT2D eigenvalue weighted by Crippen LogP contribution is -2.45. The van der Waals surface area contributed by atoms with E-state index in [2.05, 4.69) is 17.6 Å². The summed E-state index contributed by atoms with van der Waals surface area (Å²) in [4.78, 5) is 24.7. The third-order valence-electron chi connectivity index (χ3n) is 4.57. The first kappa shape index (κ1) is 21.8. The van der Waals surface area contributed by atoms with Crippen molar-refractivity contribution in [3.8, 4) is 5.75 Å². The third-order valence-corrected chi connectivity index (χ3v) is 4.57. The van der Waals surface area contributed by atoms with E-state index in [1.165, 1.54) is 19.3 Å². The molecule has 2 rings (SSSR count). The van der Waals surface area contributed by atoms with E-state index in [-0.39, 0.29) is 12.1 Å². The van der Waals surface area contributed by atoms with Crippen LogP contribution in [0.15, 0.2) is 35.5 Å². The van der Waals surface area contributed by atoms with E-state index in [0.29, 0.717) is 23.6 Å². The molecule has 0 fully saturated rings. The van der Waals surface area contributed by atoms with E-state index in [0.717, 1.165) is 18.4 Å². The number of hydrogen-bond donors (Lipinski definition) is 2. The van der Waals surface area contributed by atoms with Gasteiger partial charge in [0.25, 0.3) is 0 Å². The van der Waals surface area contributed by atoms with Crippen LogP contribution in [0.5, 0.6) is 5.75 Å². The van der Waals surface area contributed by atoms with Crippen LogP contribution in [-0.4, -0.2) is 24.7 Å². The summed E-state index contributed by atoms with van der Waals surface area (Å²) < 4.78 is 11.4. The van der Waals surface area contributed by atoms with Crippen molar-refractivity contribution in [2.75, 3.05) is 6.61 Å². The Kier molecular flexibility index (Phi) is 8.36. The van der Waals surface area contributed by atoms with Gasteiger partial charge in [-0.25, -0.2) is 9.59 Å². The van der Waals surface area contributed by atoms with Gasteiger partial charge >= 0.3 is 12.0 Å². The molecule has 1 atom stereocenters. The second-order valence-electron chi connectivity index (χ2n) is 7.32. The van der Waals surface area contributed by atoms with Crippen molar-refractivity contribution >= 4 is 12.0 Å². The molecule has 1 aromatic rings. The van der Waals surface area contributed by atoms with Crippen LogP contribution < -0.4 is 15.4 Å². The molecule has 2 N–H and O–H groups in total. The summed E-state index contributed by atoms with van der Waals surface area (Å²) in [7, 11) is 0. The van der Waals surface area contributed by atoms with E-state index in [4.69, 9.17) is 9.47 Å². The molecule has 0 saturated carbocycles. The molecular weight excluding hydrogens is 356 g/mol. The predicted octanol–water partition coefficient (Wildman–Crippen LogP) is 4.62. The molecule has 0 saturated heterocycles. The van der Waals surface area contributed by atoms with Gasteiger partial charge in [0.15, 0.2) is 0 Å². The number of para-hydroxylation sites is 1. The number of urea groups is 1. The second kappa shape index (κ2) is 10.7. The van der Waals surface area contributed by atoms with E-state index in [1.54, 1.807) is 20.8 Å². The summed E-state index contributed by atoms with van der Waals surface area (Å²) in [5.41, 5.74) is 1.64. The first-order valence-electron chi connectivity index (χ1n) is 10.1. The fourth-order valence-corrected chi connectivity index (χ4v) is 3.21. The maximum absolute atomic E-state index is 12.7. The quantitative estimate of drug-likeness (QED) is 0.453. The first-order chi connectivity index (χ1) is 13.4. The lowest BCUT2D eigenvalue weighted by molar-refractivity contribution is -0.143. The fourth-order valence-electron chi connectivity index (χ4n) is 3.21. The smallest absolute Gasteiger partial charge is 0.338 e. The van der Waals surface area contributed by atoms with Crippen molar-refractivity contribution in [2.45, 2.75) is 71.9 Å². The van der Waals surface area contributed by atoms with Crippen LogP contribution in [0.1, 0.15) is 71.4 Å². The molecule has 1 unspecified atom stereocenters. The average Bonchev–Trinajstić information content (AvgIpc) is 2.63. The van der Waals surface area contributed by atoms with Crippen LogP contribution >= 0.6 is 0 Å². The lowest BCUT2D eigenvalue weighted by Gasteiger charge is -2.29. The predicted molar refractivity (Wildman–Crippen MR) is 109 cm³/mol. The van der Waals surface area contributed by atoms with E-state index < -0.39 is 12.0 Å². The molecule has 0 spiro atoms. The number of rotatable bonds is 10. The van der Waals surface area contributed by atoms with Gasteiger partial charge in [0, 0.05) is 11.3 Å². The number of unbranched alkanes of at least 4 members (excludes halogenated alkanes) is 4. The number of carbonyl (C=O) groups is 2. The molecule has 0 bridgehead atoms. The summed E-state index contributed by atoms with van der Waals surface area (Å²) in [6.45, 7) is 8.10. The Morgan fingerprint density at radius 3 is 2.57 bits per heavy atom. The molecule has 1 heterocycles. The largest absolute Gasteiger partial charge is 0.493 e. The van der Waals surface area contributed by atoms with Gasteiger partial charge in [-0.1, -0.05) is 50.8 Å². The summed E-state index contributed by atoms with van der Waals surface area (Å²) in [6, 6.07) is 6.55. The molecule has 2 amide bonds. The van der Waals surface area contributed by atoms with Crippen LogP contribution in [0, 0.1) is 0 Å². The Balaban J connectivity index is 2.20. The highest BCUT2D eigenvalue weighted by Crippen LogP contribution is 2.33. The highest BCUT2D eigenvalue weighted by Gasteiger charge is 2.34. The first-order valence-corrected chi connectivity index (χ1v) is 10.1. The molecule has 0 aliphatic carbocycles. The van der Waals surface area contributed by atoms with Gasteiger partial charge in [0.2, 0.25) is 0 Å². The van der Waals surface area contributed by atoms with Gasteiger partial charge in [-0.2, -0.15) is 0 Å². The molecule has 0 aromatic heterocycles. The average molecular weight is 389 g/mol. The molecule has 6 heteroatoms. The van der Waals surface area contributed by atoms with Crippen LogP contribution in [0.25, 0.3) is 0 Å². The second-order valence-corrected chi connectivity index (χ2v) is 7.32. The zero-order valence-corrected chi connectivity index (χ0v) is 17.3.